The second-order valence-corrected chi connectivity index (χ2v) is 5.96. The van der Waals surface area contributed by atoms with Crippen LogP contribution in [0.3, 0.4) is 0 Å². The Balaban J connectivity index is 0.000000463. The maximum absolute atomic E-state index is 6.75. The molecule has 0 aliphatic carbocycles. The molecule has 5 aromatic rings. The summed E-state index contributed by atoms with van der Waals surface area (Å²) in [6.07, 6.45) is 5.30. The van der Waals surface area contributed by atoms with Crippen molar-refractivity contribution in [2.75, 3.05) is 0 Å². The molecule has 0 amide bonds. The number of hydrogen-bond acceptors (Lipinski definition) is 6. The summed E-state index contributed by atoms with van der Waals surface area (Å²) in [6.45, 7) is 14.1. The van der Waals surface area contributed by atoms with Gasteiger partial charge in [0.2, 0.25) is 0 Å². The van der Waals surface area contributed by atoms with E-state index in [1.165, 1.54) is 0 Å². The molecule has 10 heteroatoms. The van der Waals surface area contributed by atoms with E-state index in [0.717, 1.165) is 22.4 Å². The Bertz CT molecular complexity index is 1330. The number of nitrogens with two attached hydrogens (primary N) is 1. The lowest BCUT2D eigenvalue weighted by Crippen LogP contribution is -1.96. The number of nitrogens with zero attached hydrogens (tertiary/aromatic N) is 9. The highest BCUT2D eigenvalue weighted by molar-refractivity contribution is 5.67. The van der Waals surface area contributed by atoms with Crippen LogP contribution < -0.4 is 5.73 Å². The Kier molecular flexibility index (Phi) is 13.1. The van der Waals surface area contributed by atoms with Gasteiger partial charge in [-0.3, -0.25) is 4.98 Å². The standard InChI is InChI=1S/C7H4N4.C7H8N4.C7H6N2.3CH4/c1-8-7-6-4-2-3-5-11(6)10-9-7;8-5-6-7-3-1-2-4-11(7)10-9-6;1-8-6-7-4-2-3-5-9-7;;;/h2-5H;1-4H,5,8H2;2-5H,6H2;3*1H4. The summed E-state index contributed by atoms with van der Waals surface area (Å²) in [5.41, 5.74) is 8.86. The number of hydrogen-bond donors (Lipinski definition) is 1. The second-order valence-electron chi connectivity index (χ2n) is 5.96. The molecule has 0 aliphatic heterocycles. The van der Waals surface area contributed by atoms with E-state index in [2.05, 4.69) is 35.3 Å². The number of fused-ring (bicyclic) bond motifs is 2. The van der Waals surface area contributed by atoms with Crippen LogP contribution in [0.15, 0.2) is 73.2 Å². The molecule has 0 aliphatic rings. The predicted octanol–water partition coefficient (Wildman–Crippen LogP) is 4.88. The van der Waals surface area contributed by atoms with Gasteiger partial charge in [-0.25, -0.2) is 15.6 Å². The Morgan fingerprint density at radius 3 is 2.00 bits per heavy atom. The Morgan fingerprint density at radius 2 is 1.41 bits per heavy atom. The van der Waals surface area contributed by atoms with Gasteiger partial charge in [0, 0.05) is 35.4 Å². The molecule has 2 N–H and O–H groups in total. The van der Waals surface area contributed by atoms with E-state index in [-0.39, 0.29) is 22.3 Å². The van der Waals surface area contributed by atoms with E-state index in [0.29, 0.717) is 18.9 Å². The molecule has 5 heterocycles. The fraction of sp³-hybridized carbons (Fsp3) is 0.208. The molecule has 176 valence electrons. The molecule has 0 fully saturated rings. The van der Waals surface area contributed by atoms with E-state index < -0.39 is 0 Å². The Labute approximate surface area is 200 Å². The van der Waals surface area contributed by atoms with E-state index in [1.807, 2.05) is 60.8 Å². The van der Waals surface area contributed by atoms with Crippen LogP contribution >= 0.6 is 0 Å². The van der Waals surface area contributed by atoms with E-state index >= 15 is 0 Å². The summed E-state index contributed by atoms with van der Waals surface area (Å²) in [7, 11) is 0. The van der Waals surface area contributed by atoms with Crippen molar-refractivity contribution in [3.8, 4) is 0 Å². The van der Waals surface area contributed by atoms with E-state index in [9.17, 15) is 0 Å². The maximum Gasteiger partial charge on any atom is 0.323 e. The predicted molar refractivity (Wildman–Crippen MR) is 135 cm³/mol. The molecule has 0 saturated heterocycles. The van der Waals surface area contributed by atoms with Gasteiger partial charge >= 0.3 is 5.82 Å². The monoisotopic (exact) mass is 458 g/mol. The minimum atomic E-state index is 0. The fourth-order valence-electron chi connectivity index (χ4n) is 2.52. The maximum atomic E-state index is 6.75. The normalized spacial score (nSPS) is 8.79. The molecule has 5 aromatic heterocycles. The van der Waals surface area contributed by atoms with Crippen LogP contribution in [-0.2, 0) is 13.1 Å². The lowest BCUT2D eigenvalue weighted by atomic mass is 10.3. The first kappa shape index (κ1) is 29.3. The highest BCUT2D eigenvalue weighted by atomic mass is 15.4. The van der Waals surface area contributed by atoms with Gasteiger partial charge in [0.05, 0.1) is 11.0 Å². The van der Waals surface area contributed by atoms with Crippen LogP contribution in [0.25, 0.3) is 20.7 Å². The molecule has 0 spiro atoms. The summed E-state index contributed by atoms with van der Waals surface area (Å²) in [6, 6.07) is 16.9. The molecule has 0 aromatic carbocycles. The van der Waals surface area contributed by atoms with Crippen molar-refractivity contribution in [3.63, 3.8) is 0 Å². The quantitative estimate of drug-likeness (QED) is 0.378. The first-order valence-corrected chi connectivity index (χ1v) is 9.16. The zero-order chi connectivity index (χ0) is 21.9. The lowest BCUT2D eigenvalue weighted by molar-refractivity contribution is 0.837. The van der Waals surface area contributed by atoms with Gasteiger partial charge in [0.15, 0.2) is 0 Å². The van der Waals surface area contributed by atoms with Crippen molar-refractivity contribution < 1.29 is 0 Å². The first-order valence-electron chi connectivity index (χ1n) is 9.16. The average molecular weight is 459 g/mol. The van der Waals surface area contributed by atoms with E-state index in [1.54, 1.807) is 21.4 Å². The zero-order valence-corrected chi connectivity index (χ0v) is 16.4. The minimum Gasteiger partial charge on any atom is -0.357 e. The van der Waals surface area contributed by atoms with Gasteiger partial charge in [-0.15, -0.1) is 5.10 Å². The summed E-state index contributed by atoms with van der Waals surface area (Å²) < 4.78 is 3.29. The van der Waals surface area contributed by atoms with Crippen molar-refractivity contribution in [2.24, 2.45) is 5.73 Å². The van der Waals surface area contributed by atoms with Crippen LogP contribution in [0.4, 0.5) is 5.82 Å². The van der Waals surface area contributed by atoms with Crippen LogP contribution in [0, 0.1) is 13.1 Å². The van der Waals surface area contributed by atoms with Crippen molar-refractivity contribution >= 4 is 16.9 Å². The van der Waals surface area contributed by atoms with Gasteiger partial charge < -0.3 is 15.4 Å². The molecular weight excluding hydrogens is 428 g/mol. The molecule has 34 heavy (non-hydrogen) atoms. The van der Waals surface area contributed by atoms with Crippen LogP contribution in [0.2, 0.25) is 0 Å². The molecular formula is C24H30N10. The molecule has 0 saturated carbocycles. The summed E-state index contributed by atoms with van der Waals surface area (Å²) >= 11 is 0. The van der Waals surface area contributed by atoms with Gasteiger partial charge in [-0.2, -0.15) is 0 Å². The molecule has 0 atom stereocenters. The van der Waals surface area contributed by atoms with Crippen LogP contribution in [0.1, 0.15) is 33.7 Å². The van der Waals surface area contributed by atoms with Crippen LogP contribution in [0.5, 0.6) is 0 Å². The highest BCUT2D eigenvalue weighted by Crippen LogP contribution is 2.14. The third-order valence-corrected chi connectivity index (χ3v) is 3.97. The first-order chi connectivity index (χ1) is 15.3. The molecule has 0 bridgehead atoms. The Hall–Kier alpha value is -4.67. The number of rotatable bonds is 2. The SMILES string of the molecule is C.C.C.NCc1nnn2ccccc12.[C-]#[N+]Cc1ccccn1.[C-]#[N+]c1nnn2ccccc12. The van der Waals surface area contributed by atoms with Gasteiger partial charge in [0.1, 0.15) is 11.4 Å². The summed E-state index contributed by atoms with van der Waals surface area (Å²) in [5, 5.41) is 15.2. The molecule has 0 unspecified atom stereocenters. The fourth-order valence-corrected chi connectivity index (χ4v) is 2.52. The summed E-state index contributed by atoms with van der Waals surface area (Å²) in [4.78, 5) is 10.4. The molecule has 10 nitrogen and oxygen atoms in total. The van der Waals surface area contributed by atoms with Crippen LogP contribution in [-0.4, -0.2) is 34.6 Å². The average Bonchev–Trinajstić information content (AvgIpc) is 3.45. The zero-order valence-electron chi connectivity index (χ0n) is 16.4. The smallest absolute Gasteiger partial charge is 0.323 e. The van der Waals surface area contributed by atoms with Crippen molar-refractivity contribution in [3.05, 3.63) is 107 Å². The minimum absolute atomic E-state index is 0. The third kappa shape index (κ3) is 7.48. The largest absolute Gasteiger partial charge is 0.357 e. The lowest BCUT2D eigenvalue weighted by Gasteiger charge is -1.89. The second kappa shape index (κ2) is 15.2. The van der Waals surface area contributed by atoms with Crippen molar-refractivity contribution in [1.29, 1.82) is 0 Å². The van der Waals surface area contributed by atoms with E-state index in [4.69, 9.17) is 18.9 Å². The molecule has 0 radical (unpaired) electrons. The van der Waals surface area contributed by atoms with Gasteiger partial charge in [-0.1, -0.05) is 52.3 Å². The van der Waals surface area contributed by atoms with Crippen molar-refractivity contribution in [2.45, 2.75) is 35.4 Å². The molecule has 5 rings (SSSR count). The summed E-state index contributed by atoms with van der Waals surface area (Å²) in [5.74, 6) is 0.352. The Morgan fingerprint density at radius 1 is 0.794 bits per heavy atom. The topological polar surface area (TPSA) is 108 Å². The van der Waals surface area contributed by atoms with Crippen molar-refractivity contribution in [1.82, 2.24) is 34.6 Å². The third-order valence-electron chi connectivity index (χ3n) is 3.97. The van der Waals surface area contributed by atoms with Gasteiger partial charge in [0.25, 0.3) is 6.54 Å². The van der Waals surface area contributed by atoms with Gasteiger partial charge in [-0.05, 0) is 36.4 Å². The number of aromatic nitrogens is 7. The highest BCUT2D eigenvalue weighted by Gasteiger charge is 2.03. The number of pyridine rings is 3.